The van der Waals surface area contributed by atoms with Gasteiger partial charge in [-0.3, -0.25) is 5.32 Å². The molecular weight excluding hydrogens is 260 g/mol. The zero-order chi connectivity index (χ0) is 11.1. The number of carbonyl (C=O) groups is 1. The second kappa shape index (κ2) is 6.34. The van der Waals surface area contributed by atoms with Crippen molar-refractivity contribution in [3.63, 3.8) is 0 Å². The lowest BCUT2D eigenvalue weighted by Crippen LogP contribution is -2.29. The normalized spacial score (nSPS) is 9.73. The standard InChI is InChI=1S/C9H13BrN4O/c1-2-3-4-11-9(15)14-8-6-12-7(10)5-13-8/h5-6H,2-4H2,1H3,(H2,11,13,14,15). The summed E-state index contributed by atoms with van der Waals surface area (Å²) in [5.74, 6) is 0.437. The summed E-state index contributed by atoms with van der Waals surface area (Å²) in [4.78, 5) is 19.2. The highest BCUT2D eigenvalue weighted by Gasteiger charge is 2.01. The lowest BCUT2D eigenvalue weighted by Gasteiger charge is -2.05. The Morgan fingerprint density at radius 2 is 2.27 bits per heavy atom. The zero-order valence-electron chi connectivity index (χ0n) is 8.46. The Balaban J connectivity index is 2.34. The molecule has 6 heteroatoms. The third kappa shape index (κ3) is 4.73. The van der Waals surface area contributed by atoms with Gasteiger partial charge in [0.25, 0.3) is 0 Å². The summed E-state index contributed by atoms with van der Waals surface area (Å²) in [7, 11) is 0. The third-order valence-electron chi connectivity index (χ3n) is 1.68. The van der Waals surface area contributed by atoms with Gasteiger partial charge in [0, 0.05) is 6.54 Å². The fourth-order valence-electron chi connectivity index (χ4n) is 0.916. The molecule has 0 atom stereocenters. The fraction of sp³-hybridized carbons (Fsp3) is 0.444. The van der Waals surface area contributed by atoms with Crippen LogP contribution in [0.4, 0.5) is 10.6 Å². The fourth-order valence-corrected chi connectivity index (χ4v) is 1.12. The number of halogens is 1. The van der Waals surface area contributed by atoms with E-state index in [0.29, 0.717) is 17.0 Å². The molecule has 0 bridgehead atoms. The highest BCUT2D eigenvalue weighted by Crippen LogP contribution is 2.05. The lowest BCUT2D eigenvalue weighted by molar-refractivity contribution is 0.252. The maximum absolute atomic E-state index is 11.3. The lowest BCUT2D eigenvalue weighted by atomic mass is 10.3. The van der Waals surface area contributed by atoms with Gasteiger partial charge in [0.05, 0.1) is 12.4 Å². The van der Waals surface area contributed by atoms with Crippen molar-refractivity contribution in [2.24, 2.45) is 0 Å². The van der Waals surface area contributed by atoms with E-state index >= 15 is 0 Å². The Kier molecular flexibility index (Phi) is 5.03. The smallest absolute Gasteiger partial charge is 0.320 e. The quantitative estimate of drug-likeness (QED) is 0.826. The number of nitrogens with one attached hydrogen (secondary N) is 2. The number of hydrogen-bond acceptors (Lipinski definition) is 3. The number of anilines is 1. The Labute approximate surface area is 96.8 Å². The van der Waals surface area contributed by atoms with E-state index in [1.807, 2.05) is 0 Å². The number of aromatic nitrogens is 2. The maximum atomic E-state index is 11.3. The first-order valence-corrected chi connectivity index (χ1v) is 5.54. The van der Waals surface area contributed by atoms with E-state index < -0.39 is 0 Å². The number of carbonyl (C=O) groups excluding carboxylic acids is 1. The van der Waals surface area contributed by atoms with E-state index in [4.69, 9.17) is 0 Å². The molecule has 1 heterocycles. The van der Waals surface area contributed by atoms with E-state index in [-0.39, 0.29) is 6.03 Å². The average molecular weight is 273 g/mol. The molecule has 0 aliphatic rings. The van der Waals surface area contributed by atoms with Gasteiger partial charge in [-0.2, -0.15) is 0 Å². The molecule has 15 heavy (non-hydrogen) atoms. The van der Waals surface area contributed by atoms with Crippen LogP contribution in [0.25, 0.3) is 0 Å². The first-order chi connectivity index (χ1) is 7.22. The minimum Gasteiger partial charge on any atom is -0.338 e. The molecule has 1 rings (SSSR count). The first kappa shape index (κ1) is 11.9. The van der Waals surface area contributed by atoms with Crippen molar-refractivity contribution in [2.75, 3.05) is 11.9 Å². The van der Waals surface area contributed by atoms with Crippen LogP contribution in [0, 0.1) is 0 Å². The molecule has 1 aromatic rings. The van der Waals surface area contributed by atoms with Crippen molar-refractivity contribution in [2.45, 2.75) is 19.8 Å². The molecule has 0 unspecified atom stereocenters. The molecule has 0 saturated carbocycles. The van der Waals surface area contributed by atoms with E-state index in [9.17, 15) is 4.79 Å². The first-order valence-electron chi connectivity index (χ1n) is 4.74. The molecule has 0 aromatic carbocycles. The molecule has 2 amide bonds. The number of nitrogens with zero attached hydrogens (tertiary/aromatic N) is 2. The van der Waals surface area contributed by atoms with Crippen LogP contribution in [0.1, 0.15) is 19.8 Å². The number of urea groups is 1. The van der Waals surface area contributed by atoms with Gasteiger partial charge < -0.3 is 5.32 Å². The van der Waals surface area contributed by atoms with E-state index in [2.05, 4.69) is 43.5 Å². The molecule has 1 aromatic heterocycles. The Hall–Kier alpha value is -1.17. The SMILES string of the molecule is CCCCNC(=O)Nc1cnc(Br)cn1. The van der Waals surface area contributed by atoms with Gasteiger partial charge in [0.1, 0.15) is 4.60 Å². The molecule has 82 valence electrons. The zero-order valence-corrected chi connectivity index (χ0v) is 10.0. The van der Waals surface area contributed by atoms with Gasteiger partial charge in [0.15, 0.2) is 5.82 Å². The molecular formula is C9H13BrN4O. The number of amides is 2. The van der Waals surface area contributed by atoms with Gasteiger partial charge in [-0.05, 0) is 22.4 Å². The molecule has 0 radical (unpaired) electrons. The van der Waals surface area contributed by atoms with Crippen molar-refractivity contribution in [3.8, 4) is 0 Å². The van der Waals surface area contributed by atoms with Crippen molar-refractivity contribution >= 4 is 27.8 Å². The van der Waals surface area contributed by atoms with Crippen LogP contribution in [0.5, 0.6) is 0 Å². The minimum atomic E-state index is -0.250. The topological polar surface area (TPSA) is 66.9 Å². The van der Waals surface area contributed by atoms with Crippen LogP contribution in [0.3, 0.4) is 0 Å². The molecule has 2 N–H and O–H groups in total. The summed E-state index contributed by atoms with van der Waals surface area (Å²) >= 11 is 3.16. The maximum Gasteiger partial charge on any atom is 0.320 e. The second-order valence-electron chi connectivity index (χ2n) is 2.96. The van der Waals surface area contributed by atoms with Crippen LogP contribution in [-0.4, -0.2) is 22.5 Å². The van der Waals surface area contributed by atoms with Crippen molar-refractivity contribution in [1.29, 1.82) is 0 Å². The summed E-state index contributed by atoms with van der Waals surface area (Å²) in [5.41, 5.74) is 0. The van der Waals surface area contributed by atoms with E-state index in [0.717, 1.165) is 12.8 Å². The summed E-state index contributed by atoms with van der Waals surface area (Å²) in [6, 6.07) is -0.250. The van der Waals surface area contributed by atoms with Gasteiger partial charge in [-0.1, -0.05) is 13.3 Å². The van der Waals surface area contributed by atoms with Gasteiger partial charge in [0.2, 0.25) is 0 Å². The summed E-state index contributed by atoms with van der Waals surface area (Å²) < 4.78 is 0.638. The predicted molar refractivity (Wildman–Crippen MR) is 61.7 cm³/mol. The molecule has 0 fully saturated rings. The molecule has 5 nitrogen and oxygen atoms in total. The third-order valence-corrected chi connectivity index (χ3v) is 2.09. The molecule has 0 saturated heterocycles. The molecule has 0 spiro atoms. The van der Waals surface area contributed by atoms with Crippen LogP contribution >= 0.6 is 15.9 Å². The van der Waals surface area contributed by atoms with Crippen molar-refractivity contribution in [3.05, 3.63) is 17.0 Å². The van der Waals surface area contributed by atoms with Crippen molar-refractivity contribution < 1.29 is 4.79 Å². The van der Waals surface area contributed by atoms with Crippen LogP contribution in [0.2, 0.25) is 0 Å². The minimum absolute atomic E-state index is 0.250. The van der Waals surface area contributed by atoms with E-state index in [1.165, 1.54) is 12.4 Å². The molecule has 0 aliphatic heterocycles. The highest BCUT2D eigenvalue weighted by molar-refractivity contribution is 9.10. The van der Waals surface area contributed by atoms with Gasteiger partial charge >= 0.3 is 6.03 Å². The average Bonchev–Trinajstić information content (AvgIpc) is 2.22. The van der Waals surface area contributed by atoms with Crippen LogP contribution < -0.4 is 10.6 Å². The van der Waals surface area contributed by atoms with E-state index in [1.54, 1.807) is 0 Å². The van der Waals surface area contributed by atoms with Crippen LogP contribution in [-0.2, 0) is 0 Å². The predicted octanol–water partition coefficient (Wildman–Crippen LogP) is 2.16. The summed E-state index contributed by atoms with van der Waals surface area (Å²) in [6.45, 7) is 2.74. The largest absolute Gasteiger partial charge is 0.338 e. The monoisotopic (exact) mass is 272 g/mol. The summed E-state index contributed by atoms with van der Waals surface area (Å²) in [5, 5.41) is 5.30. The van der Waals surface area contributed by atoms with Crippen molar-refractivity contribution in [1.82, 2.24) is 15.3 Å². The Morgan fingerprint density at radius 1 is 1.47 bits per heavy atom. The van der Waals surface area contributed by atoms with Gasteiger partial charge in [-0.15, -0.1) is 0 Å². The number of hydrogen-bond donors (Lipinski definition) is 2. The van der Waals surface area contributed by atoms with Gasteiger partial charge in [-0.25, -0.2) is 14.8 Å². The Bertz CT molecular complexity index is 314. The Morgan fingerprint density at radius 3 is 2.87 bits per heavy atom. The second-order valence-corrected chi connectivity index (χ2v) is 3.77. The highest BCUT2D eigenvalue weighted by atomic mass is 79.9. The van der Waals surface area contributed by atoms with Crippen LogP contribution in [0.15, 0.2) is 17.0 Å². The summed E-state index contributed by atoms with van der Waals surface area (Å²) in [6.07, 6.45) is 5.04. The number of rotatable bonds is 4. The number of unbranched alkanes of at least 4 members (excludes halogenated alkanes) is 1. The molecule has 0 aliphatic carbocycles.